The van der Waals surface area contributed by atoms with Gasteiger partial charge < -0.3 is 5.11 Å². The van der Waals surface area contributed by atoms with Crippen LogP contribution in [0.2, 0.25) is 5.02 Å². The first-order valence-electron chi connectivity index (χ1n) is 5.63. The zero-order valence-corrected chi connectivity index (χ0v) is 10.7. The number of aliphatic hydroxyl groups is 1. The highest BCUT2D eigenvalue weighted by Crippen LogP contribution is 2.26. The molecule has 0 aliphatic rings. The maximum Gasteiger partial charge on any atom is 0.195 e. The van der Waals surface area contributed by atoms with Gasteiger partial charge in [-0.3, -0.25) is 4.79 Å². The van der Waals surface area contributed by atoms with Crippen molar-refractivity contribution >= 4 is 17.4 Å². The molecule has 0 heterocycles. The molecular formula is C15H13ClO2. The first kappa shape index (κ1) is 12.8. The minimum Gasteiger partial charge on any atom is -0.380 e. The van der Waals surface area contributed by atoms with Gasteiger partial charge in [-0.15, -0.1) is 0 Å². The Morgan fingerprint density at radius 3 is 2.44 bits per heavy atom. The van der Waals surface area contributed by atoms with Gasteiger partial charge in [0.05, 0.1) is 0 Å². The number of aryl methyl sites for hydroxylation is 1. The Bertz CT molecular complexity index is 564. The summed E-state index contributed by atoms with van der Waals surface area (Å²) in [6.07, 6.45) is -1.22. The Balaban J connectivity index is 2.31. The molecule has 0 aliphatic heterocycles. The van der Waals surface area contributed by atoms with Crippen molar-refractivity contribution in [3.63, 3.8) is 0 Å². The van der Waals surface area contributed by atoms with Gasteiger partial charge in [-0.1, -0.05) is 54.1 Å². The van der Waals surface area contributed by atoms with Gasteiger partial charge in [0.15, 0.2) is 5.78 Å². The van der Waals surface area contributed by atoms with Crippen LogP contribution in [0.1, 0.15) is 27.6 Å². The van der Waals surface area contributed by atoms with Crippen LogP contribution in [0.25, 0.3) is 0 Å². The number of hydrogen-bond donors (Lipinski definition) is 1. The second kappa shape index (κ2) is 5.34. The number of ketones is 1. The third kappa shape index (κ3) is 2.61. The highest BCUT2D eigenvalue weighted by Gasteiger charge is 2.21. The lowest BCUT2D eigenvalue weighted by molar-refractivity contribution is 0.0747. The zero-order valence-electron chi connectivity index (χ0n) is 9.93. The molecule has 0 bridgehead atoms. The van der Waals surface area contributed by atoms with Crippen LogP contribution < -0.4 is 0 Å². The van der Waals surface area contributed by atoms with Crippen LogP contribution in [0.15, 0.2) is 48.5 Å². The van der Waals surface area contributed by atoms with E-state index >= 15 is 0 Å². The van der Waals surface area contributed by atoms with E-state index in [0.29, 0.717) is 16.1 Å². The monoisotopic (exact) mass is 260 g/mol. The molecule has 92 valence electrons. The number of aliphatic hydroxyl groups excluding tert-OH is 1. The smallest absolute Gasteiger partial charge is 0.195 e. The standard InChI is InChI=1S/C15H13ClO2/c1-10-7-8-12(13(16)9-10)15(18)14(17)11-5-3-2-4-6-11/h2-9,15,18H,1H3. The van der Waals surface area contributed by atoms with E-state index in [-0.39, 0.29) is 5.78 Å². The summed E-state index contributed by atoms with van der Waals surface area (Å²) in [6.45, 7) is 1.90. The third-order valence-electron chi connectivity index (χ3n) is 2.76. The van der Waals surface area contributed by atoms with E-state index in [4.69, 9.17) is 11.6 Å². The maximum absolute atomic E-state index is 12.1. The molecule has 1 N–H and O–H groups in total. The average Bonchev–Trinajstić information content (AvgIpc) is 2.38. The van der Waals surface area contributed by atoms with E-state index in [1.165, 1.54) is 0 Å². The Labute approximate surface area is 111 Å². The van der Waals surface area contributed by atoms with E-state index in [0.717, 1.165) is 5.56 Å². The predicted molar refractivity (Wildman–Crippen MR) is 71.9 cm³/mol. The Hall–Kier alpha value is -1.64. The molecule has 2 nitrogen and oxygen atoms in total. The van der Waals surface area contributed by atoms with Gasteiger partial charge in [-0.25, -0.2) is 0 Å². The van der Waals surface area contributed by atoms with Crippen LogP contribution in [-0.2, 0) is 0 Å². The molecule has 0 spiro atoms. The van der Waals surface area contributed by atoms with Gasteiger partial charge in [0.25, 0.3) is 0 Å². The minimum atomic E-state index is -1.22. The molecular weight excluding hydrogens is 248 g/mol. The van der Waals surface area contributed by atoms with Crippen LogP contribution >= 0.6 is 11.6 Å². The molecule has 0 aromatic heterocycles. The van der Waals surface area contributed by atoms with E-state index < -0.39 is 6.10 Å². The van der Waals surface area contributed by atoms with Crippen LogP contribution in [0, 0.1) is 6.92 Å². The van der Waals surface area contributed by atoms with Gasteiger partial charge in [-0.2, -0.15) is 0 Å². The van der Waals surface area contributed by atoms with Crippen molar-refractivity contribution in [1.29, 1.82) is 0 Å². The van der Waals surface area contributed by atoms with Gasteiger partial charge in [0.1, 0.15) is 6.10 Å². The summed E-state index contributed by atoms with van der Waals surface area (Å²) in [5.41, 5.74) is 1.90. The molecule has 2 aromatic rings. The third-order valence-corrected chi connectivity index (χ3v) is 3.08. The Morgan fingerprint density at radius 2 is 1.83 bits per heavy atom. The highest BCUT2D eigenvalue weighted by molar-refractivity contribution is 6.31. The summed E-state index contributed by atoms with van der Waals surface area (Å²) in [6, 6.07) is 13.9. The molecule has 0 saturated heterocycles. The number of halogens is 1. The van der Waals surface area contributed by atoms with Crippen molar-refractivity contribution in [3.05, 3.63) is 70.2 Å². The summed E-state index contributed by atoms with van der Waals surface area (Å²) in [4.78, 5) is 12.1. The fourth-order valence-electron chi connectivity index (χ4n) is 1.76. The van der Waals surface area contributed by atoms with E-state index in [9.17, 15) is 9.90 Å². The van der Waals surface area contributed by atoms with Gasteiger partial charge in [0.2, 0.25) is 0 Å². The first-order chi connectivity index (χ1) is 8.59. The molecule has 0 radical (unpaired) electrons. The lowest BCUT2D eigenvalue weighted by atomic mass is 9.99. The Kier molecular flexibility index (Phi) is 3.80. The molecule has 3 heteroatoms. The molecule has 0 amide bonds. The first-order valence-corrected chi connectivity index (χ1v) is 6.01. The number of Topliss-reactive ketones (excluding diaryl/α,β-unsaturated/α-hetero) is 1. The van der Waals surface area contributed by atoms with Crippen molar-refractivity contribution in [2.24, 2.45) is 0 Å². The molecule has 0 aliphatic carbocycles. The number of hydrogen-bond acceptors (Lipinski definition) is 2. The van der Waals surface area contributed by atoms with Gasteiger partial charge >= 0.3 is 0 Å². The Morgan fingerprint density at radius 1 is 1.17 bits per heavy atom. The summed E-state index contributed by atoms with van der Waals surface area (Å²) in [5.74, 6) is -0.346. The predicted octanol–water partition coefficient (Wildman–Crippen LogP) is 3.56. The fraction of sp³-hybridized carbons (Fsp3) is 0.133. The zero-order chi connectivity index (χ0) is 13.1. The summed E-state index contributed by atoms with van der Waals surface area (Å²) < 4.78 is 0. The fourth-order valence-corrected chi connectivity index (χ4v) is 2.09. The maximum atomic E-state index is 12.1. The minimum absolute atomic E-state index is 0.346. The van der Waals surface area contributed by atoms with Crippen LogP contribution in [0.5, 0.6) is 0 Å². The van der Waals surface area contributed by atoms with E-state index in [1.807, 2.05) is 19.1 Å². The summed E-state index contributed by atoms with van der Waals surface area (Å²) >= 11 is 6.04. The van der Waals surface area contributed by atoms with Gasteiger partial charge in [0, 0.05) is 16.1 Å². The highest BCUT2D eigenvalue weighted by atomic mass is 35.5. The quantitative estimate of drug-likeness (QED) is 0.857. The van der Waals surface area contributed by atoms with Crippen molar-refractivity contribution in [2.45, 2.75) is 13.0 Å². The van der Waals surface area contributed by atoms with Crippen LogP contribution in [-0.4, -0.2) is 10.9 Å². The number of rotatable bonds is 3. The molecule has 0 saturated carbocycles. The van der Waals surface area contributed by atoms with Crippen molar-refractivity contribution < 1.29 is 9.90 Å². The normalized spacial score (nSPS) is 12.2. The molecule has 2 rings (SSSR count). The summed E-state index contributed by atoms with van der Waals surface area (Å²) in [7, 11) is 0. The lowest BCUT2D eigenvalue weighted by Gasteiger charge is -2.12. The van der Waals surface area contributed by atoms with Gasteiger partial charge in [-0.05, 0) is 18.6 Å². The molecule has 1 atom stereocenters. The van der Waals surface area contributed by atoms with Crippen molar-refractivity contribution in [3.8, 4) is 0 Å². The van der Waals surface area contributed by atoms with Crippen LogP contribution in [0.3, 0.4) is 0 Å². The van der Waals surface area contributed by atoms with E-state index in [1.54, 1.807) is 36.4 Å². The average molecular weight is 261 g/mol. The van der Waals surface area contributed by atoms with Crippen molar-refractivity contribution in [1.82, 2.24) is 0 Å². The molecule has 18 heavy (non-hydrogen) atoms. The molecule has 0 fully saturated rings. The molecule has 1 unspecified atom stereocenters. The number of carbonyl (C=O) groups is 1. The lowest BCUT2D eigenvalue weighted by Crippen LogP contribution is -2.12. The van der Waals surface area contributed by atoms with Crippen molar-refractivity contribution in [2.75, 3.05) is 0 Å². The number of benzene rings is 2. The second-order valence-electron chi connectivity index (χ2n) is 4.16. The topological polar surface area (TPSA) is 37.3 Å². The van der Waals surface area contributed by atoms with E-state index in [2.05, 4.69) is 0 Å². The van der Waals surface area contributed by atoms with Crippen LogP contribution in [0.4, 0.5) is 0 Å². The SMILES string of the molecule is Cc1ccc(C(O)C(=O)c2ccccc2)c(Cl)c1. The molecule has 2 aromatic carbocycles. The summed E-state index contributed by atoms with van der Waals surface area (Å²) in [5, 5.41) is 10.5. The largest absolute Gasteiger partial charge is 0.380 e. The second-order valence-corrected chi connectivity index (χ2v) is 4.56. The number of carbonyl (C=O) groups excluding carboxylic acids is 1.